The number of likely N-dealkylation sites (tertiary alicyclic amines) is 1. The third kappa shape index (κ3) is 5.14. The summed E-state index contributed by atoms with van der Waals surface area (Å²) in [6, 6.07) is 6.15. The van der Waals surface area contributed by atoms with Crippen molar-refractivity contribution in [2.45, 2.75) is 62.7 Å². The van der Waals surface area contributed by atoms with Crippen LogP contribution in [0.3, 0.4) is 0 Å². The molecule has 5 atom stereocenters. The van der Waals surface area contributed by atoms with Gasteiger partial charge in [-0.05, 0) is 57.1 Å². The van der Waals surface area contributed by atoms with Crippen molar-refractivity contribution in [2.75, 3.05) is 31.2 Å². The van der Waals surface area contributed by atoms with Crippen molar-refractivity contribution in [2.24, 2.45) is 11.8 Å². The average Bonchev–Trinajstić information content (AvgIpc) is 3.55. The number of benzene rings is 1. The van der Waals surface area contributed by atoms with Crippen LogP contribution in [-0.2, 0) is 23.9 Å². The SMILES string of the molecule is C=CCCCOC(=O)[C@@H]1[C@@H]2CCC3(O2)C(C(=O)N(CC=C)c2ccccc2Cl)N(CCCCCO)C(=O)[C@H]13. The van der Waals surface area contributed by atoms with Gasteiger partial charge in [0, 0.05) is 19.7 Å². The predicted molar refractivity (Wildman–Crippen MR) is 145 cm³/mol. The van der Waals surface area contributed by atoms with Crippen LogP contribution in [0, 0.1) is 11.8 Å². The van der Waals surface area contributed by atoms with E-state index in [1.165, 1.54) is 0 Å². The number of anilines is 1. The van der Waals surface area contributed by atoms with Crippen LogP contribution in [-0.4, -0.2) is 71.8 Å². The lowest BCUT2D eigenvalue weighted by Crippen LogP contribution is -2.56. The van der Waals surface area contributed by atoms with Gasteiger partial charge in [-0.2, -0.15) is 0 Å². The highest BCUT2D eigenvalue weighted by Crippen LogP contribution is 2.59. The fraction of sp³-hybridized carbons (Fsp3) is 0.552. The summed E-state index contributed by atoms with van der Waals surface area (Å²) >= 11 is 6.48. The van der Waals surface area contributed by atoms with E-state index in [4.69, 9.17) is 21.1 Å². The minimum Gasteiger partial charge on any atom is -0.465 e. The van der Waals surface area contributed by atoms with E-state index in [1.807, 2.05) is 0 Å². The Morgan fingerprint density at radius 3 is 2.71 bits per heavy atom. The highest BCUT2D eigenvalue weighted by Gasteiger charge is 2.75. The molecular formula is C29H37ClN2O6. The van der Waals surface area contributed by atoms with Gasteiger partial charge in [0.25, 0.3) is 5.91 Å². The summed E-state index contributed by atoms with van der Waals surface area (Å²) in [6.07, 6.45) is 7.32. The predicted octanol–water partition coefficient (Wildman–Crippen LogP) is 3.91. The van der Waals surface area contributed by atoms with Gasteiger partial charge < -0.3 is 24.4 Å². The van der Waals surface area contributed by atoms with Gasteiger partial charge in [-0.3, -0.25) is 14.4 Å². The Morgan fingerprint density at radius 2 is 2.00 bits per heavy atom. The summed E-state index contributed by atoms with van der Waals surface area (Å²) in [4.78, 5) is 44.7. The van der Waals surface area contributed by atoms with E-state index in [0.717, 1.165) is 6.42 Å². The third-order valence-electron chi connectivity index (χ3n) is 7.88. The van der Waals surface area contributed by atoms with Crippen LogP contribution in [0.4, 0.5) is 5.69 Å². The summed E-state index contributed by atoms with van der Waals surface area (Å²) in [6.45, 7) is 8.34. The summed E-state index contributed by atoms with van der Waals surface area (Å²) in [5.74, 6) is -2.53. The molecule has 4 rings (SSSR count). The number of aliphatic hydroxyl groups excluding tert-OH is 1. The Bertz CT molecular complexity index is 1060. The molecule has 2 amide bonds. The Labute approximate surface area is 229 Å². The number of hydrogen-bond acceptors (Lipinski definition) is 6. The molecule has 1 spiro atoms. The van der Waals surface area contributed by atoms with Gasteiger partial charge in [0.1, 0.15) is 11.6 Å². The molecule has 9 heteroatoms. The van der Waals surface area contributed by atoms with Crippen molar-refractivity contribution >= 4 is 35.1 Å². The highest BCUT2D eigenvalue weighted by atomic mass is 35.5. The molecule has 0 saturated carbocycles. The van der Waals surface area contributed by atoms with Gasteiger partial charge >= 0.3 is 5.97 Å². The van der Waals surface area contributed by atoms with Crippen LogP contribution < -0.4 is 4.90 Å². The minimum atomic E-state index is -1.11. The summed E-state index contributed by atoms with van der Waals surface area (Å²) in [7, 11) is 0. The molecule has 3 aliphatic heterocycles. The van der Waals surface area contributed by atoms with Crippen LogP contribution in [0.2, 0.25) is 5.02 Å². The number of halogens is 1. The molecule has 0 aliphatic carbocycles. The zero-order valence-corrected chi connectivity index (χ0v) is 22.5. The molecule has 1 N–H and O–H groups in total. The van der Waals surface area contributed by atoms with Gasteiger partial charge in [-0.25, -0.2) is 0 Å². The summed E-state index contributed by atoms with van der Waals surface area (Å²) < 4.78 is 12.0. The summed E-state index contributed by atoms with van der Waals surface area (Å²) in [5.41, 5.74) is -0.585. The number of nitrogens with zero attached hydrogens (tertiary/aromatic N) is 2. The number of aliphatic hydroxyl groups is 1. The van der Waals surface area contributed by atoms with Crippen molar-refractivity contribution in [1.82, 2.24) is 4.90 Å². The Kier molecular flexibility index (Phi) is 9.28. The molecule has 1 aromatic carbocycles. The van der Waals surface area contributed by atoms with Gasteiger partial charge in [0.15, 0.2) is 0 Å². The fourth-order valence-electron chi connectivity index (χ4n) is 6.26. The van der Waals surface area contributed by atoms with E-state index in [2.05, 4.69) is 13.2 Å². The van der Waals surface area contributed by atoms with Gasteiger partial charge in [-0.1, -0.05) is 35.9 Å². The van der Waals surface area contributed by atoms with E-state index in [1.54, 1.807) is 46.2 Å². The topological polar surface area (TPSA) is 96.4 Å². The molecular weight excluding hydrogens is 508 g/mol. The zero-order valence-electron chi connectivity index (χ0n) is 21.7. The first-order valence-electron chi connectivity index (χ1n) is 13.4. The van der Waals surface area contributed by atoms with E-state index in [0.29, 0.717) is 55.8 Å². The Morgan fingerprint density at radius 1 is 1.21 bits per heavy atom. The van der Waals surface area contributed by atoms with E-state index >= 15 is 0 Å². The van der Waals surface area contributed by atoms with Crippen molar-refractivity contribution in [3.05, 3.63) is 54.6 Å². The van der Waals surface area contributed by atoms with Crippen LogP contribution >= 0.6 is 11.6 Å². The number of fused-ring (bicyclic) bond motifs is 1. The second-order valence-electron chi connectivity index (χ2n) is 10.2. The molecule has 3 aliphatic rings. The molecule has 3 saturated heterocycles. The minimum absolute atomic E-state index is 0.0625. The maximum atomic E-state index is 14.4. The smallest absolute Gasteiger partial charge is 0.312 e. The largest absolute Gasteiger partial charge is 0.465 e. The van der Waals surface area contributed by atoms with E-state index in [-0.39, 0.29) is 31.6 Å². The van der Waals surface area contributed by atoms with E-state index in [9.17, 15) is 19.5 Å². The number of ether oxygens (including phenoxy) is 2. The standard InChI is InChI=1S/C29H37ClN2O6/c1-3-5-11-19-37-28(36)23-22-14-15-29(38-22)24(23)26(34)32(17-9-6-10-18-33)25(29)27(35)31(16-4-2)21-13-8-7-12-20(21)30/h3-4,7-8,12-13,22-25,33H,1-2,5-6,9-11,14-19H2/t22-,23+,24-,25?,29?/m0/s1. The monoisotopic (exact) mass is 544 g/mol. The lowest BCUT2D eigenvalue weighted by atomic mass is 9.70. The quantitative estimate of drug-likeness (QED) is 0.217. The normalized spacial score (nSPS) is 27.3. The number of hydrogen-bond donors (Lipinski definition) is 1. The first kappa shape index (κ1) is 28.3. The van der Waals surface area contributed by atoms with Gasteiger partial charge in [0.05, 0.1) is 35.3 Å². The first-order chi connectivity index (χ1) is 18.4. The van der Waals surface area contributed by atoms with Crippen LogP contribution in [0.1, 0.15) is 44.9 Å². The maximum absolute atomic E-state index is 14.4. The second-order valence-corrected chi connectivity index (χ2v) is 10.6. The lowest BCUT2D eigenvalue weighted by molar-refractivity contribution is -0.155. The fourth-order valence-corrected chi connectivity index (χ4v) is 6.50. The van der Waals surface area contributed by atoms with Gasteiger partial charge in [-0.15, -0.1) is 13.2 Å². The number of allylic oxidation sites excluding steroid dienone is 1. The Hall–Kier alpha value is -2.68. The molecule has 0 aromatic heterocycles. The molecule has 38 heavy (non-hydrogen) atoms. The molecule has 1 aromatic rings. The summed E-state index contributed by atoms with van der Waals surface area (Å²) in [5, 5.41) is 9.62. The van der Waals surface area contributed by atoms with Crippen molar-refractivity contribution in [3.63, 3.8) is 0 Å². The number of carbonyl (C=O) groups is 3. The number of unbranched alkanes of at least 4 members (excludes halogenated alkanes) is 3. The first-order valence-corrected chi connectivity index (χ1v) is 13.8. The molecule has 2 unspecified atom stereocenters. The second kappa shape index (κ2) is 12.5. The van der Waals surface area contributed by atoms with Crippen LogP contribution in [0.5, 0.6) is 0 Å². The molecule has 8 nitrogen and oxygen atoms in total. The maximum Gasteiger partial charge on any atom is 0.312 e. The molecule has 3 heterocycles. The molecule has 206 valence electrons. The van der Waals surface area contributed by atoms with E-state index < -0.39 is 35.6 Å². The zero-order chi connectivity index (χ0) is 27.3. The van der Waals surface area contributed by atoms with Crippen molar-refractivity contribution in [1.29, 1.82) is 0 Å². The highest BCUT2D eigenvalue weighted by molar-refractivity contribution is 6.34. The van der Waals surface area contributed by atoms with Gasteiger partial charge in [0.2, 0.25) is 5.91 Å². The number of para-hydroxylation sites is 1. The van der Waals surface area contributed by atoms with Crippen LogP contribution in [0.25, 0.3) is 0 Å². The van der Waals surface area contributed by atoms with Crippen molar-refractivity contribution in [3.8, 4) is 0 Å². The third-order valence-corrected chi connectivity index (χ3v) is 8.20. The average molecular weight is 545 g/mol. The number of amides is 2. The molecule has 3 fully saturated rings. The Balaban J connectivity index is 1.67. The number of carbonyl (C=O) groups excluding carboxylic acids is 3. The van der Waals surface area contributed by atoms with Crippen LogP contribution in [0.15, 0.2) is 49.6 Å². The number of rotatable bonds is 14. The van der Waals surface area contributed by atoms with Crippen molar-refractivity contribution < 1.29 is 29.0 Å². The molecule has 2 bridgehead atoms. The molecule has 0 radical (unpaired) electrons. The number of esters is 1. The lowest BCUT2D eigenvalue weighted by Gasteiger charge is -2.37.